The topological polar surface area (TPSA) is 9.23 Å². The highest BCUT2D eigenvalue weighted by molar-refractivity contribution is 8.02. The molecule has 104 valence electrons. The van der Waals surface area contributed by atoms with E-state index in [4.69, 9.17) is 4.65 Å². The van der Waals surface area contributed by atoms with E-state index in [9.17, 15) is 0 Å². The van der Waals surface area contributed by atoms with Gasteiger partial charge in [-0.05, 0) is 24.8 Å². The first-order valence-corrected chi connectivity index (χ1v) is 8.16. The Morgan fingerprint density at radius 3 is 2.21 bits per heavy atom. The minimum atomic E-state index is 0.337. The third kappa shape index (κ3) is 7.36. The zero-order valence-corrected chi connectivity index (χ0v) is 13.0. The van der Waals surface area contributed by atoms with E-state index >= 15 is 0 Å². The zero-order chi connectivity index (χ0) is 13.9. The summed E-state index contributed by atoms with van der Waals surface area (Å²) in [5.74, 6) is 0. The van der Waals surface area contributed by atoms with Crippen LogP contribution < -0.4 is 0 Å². The van der Waals surface area contributed by atoms with Crippen LogP contribution in [-0.2, 0) is 4.65 Å². The number of benzene rings is 1. The van der Waals surface area contributed by atoms with E-state index in [1.807, 2.05) is 18.2 Å². The number of unbranched alkanes of at least 4 members (excludes halogenated alkanes) is 2. The standard InChI is InChI=1S/C16H25BOS/c1-4-6-13-17(14-7-5-2)18-15(3)19-16-11-9-8-10-12-16/h8-12H,3-7,13-14H2,1-2H3. The van der Waals surface area contributed by atoms with Crippen LogP contribution in [0.4, 0.5) is 0 Å². The van der Waals surface area contributed by atoms with E-state index < -0.39 is 0 Å². The van der Waals surface area contributed by atoms with Gasteiger partial charge in [-0.25, -0.2) is 0 Å². The van der Waals surface area contributed by atoms with Crippen molar-refractivity contribution < 1.29 is 4.65 Å². The lowest BCUT2D eigenvalue weighted by Crippen LogP contribution is -2.16. The number of thioether (sulfide) groups is 1. The van der Waals surface area contributed by atoms with Gasteiger partial charge in [-0.3, -0.25) is 0 Å². The Labute approximate surface area is 122 Å². The van der Waals surface area contributed by atoms with Gasteiger partial charge in [0.15, 0.2) is 0 Å². The lowest BCUT2D eigenvalue weighted by atomic mass is 9.59. The molecule has 0 bridgehead atoms. The molecular weight excluding hydrogens is 251 g/mol. The van der Waals surface area contributed by atoms with Gasteiger partial charge in [0.05, 0.1) is 0 Å². The highest BCUT2D eigenvalue weighted by Crippen LogP contribution is 2.27. The Morgan fingerprint density at radius 1 is 1.11 bits per heavy atom. The minimum absolute atomic E-state index is 0.337. The van der Waals surface area contributed by atoms with Gasteiger partial charge in [-0.1, -0.05) is 76.1 Å². The lowest BCUT2D eigenvalue weighted by molar-refractivity contribution is 0.467. The third-order valence-corrected chi connectivity index (χ3v) is 3.86. The van der Waals surface area contributed by atoms with Gasteiger partial charge in [0.1, 0.15) is 5.09 Å². The van der Waals surface area contributed by atoms with Crippen molar-refractivity contribution in [3.63, 3.8) is 0 Å². The van der Waals surface area contributed by atoms with Crippen LogP contribution in [0.5, 0.6) is 0 Å². The van der Waals surface area contributed by atoms with E-state index in [0.717, 1.165) is 17.7 Å². The van der Waals surface area contributed by atoms with Crippen molar-refractivity contribution >= 4 is 18.7 Å². The molecule has 1 aromatic carbocycles. The molecule has 19 heavy (non-hydrogen) atoms. The molecule has 0 saturated heterocycles. The monoisotopic (exact) mass is 276 g/mol. The molecule has 0 aliphatic heterocycles. The fraction of sp³-hybridized carbons (Fsp3) is 0.500. The van der Waals surface area contributed by atoms with Crippen LogP contribution in [-0.4, -0.2) is 6.92 Å². The maximum atomic E-state index is 6.03. The maximum Gasteiger partial charge on any atom is 0.358 e. The van der Waals surface area contributed by atoms with E-state index in [2.05, 4.69) is 32.6 Å². The van der Waals surface area contributed by atoms with E-state index in [0.29, 0.717) is 6.92 Å². The normalized spacial score (nSPS) is 10.2. The molecule has 0 atom stereocenters. The van der Waals surface area contributed by atoms with Gasteiger partial charge in [0.2, 0.25) is 0 Å². The molecule has 0 amide bonds. The summed E-state index contributed by atoms with van der Waals surface area (Å²) in [4.78, 5) is 1.19. The van der Waals surface area contributed by atoms with Gasteiger partial charge >= 0.3 is 6.92 Å². The van der Waals surface area contributed by atoms with Crippen molar-refractivity contribution in [1.82, 2.24) is 0 Å². The Morgan fingerprint density at radius 2 is 1.68 bits per heavy atom. The van der Waals surface area contributed by atoms with Crippen molar-refractivity contribution in [3.05, 3.63) is 42.0 Å². The predicted octanol–water partition coefficient (Wildman–Crippen LogP) is 5.86. The Hall–Kier alpha value is -0.825. The van der Waals surface area contributed by atoms with Crippen LogP contribution in [0.15, 0.2) is 46.9 Å². The summed E-state index contributed by atoms with van der Waals surface area (Å²) >= 11 is 1.62. The second-order valence-electron chi connectivity index (χ2n) is 4.81. The van der Waals surface area contributed by atoms with E-state index in [1.165, 1.54) is 30.6 Å². The van der Waals surface area contributed by atoms with Crippen LogP contribution in [0.1, 0.15) is 39.5 Å². The molecule has 0 aliphatic carbocycles. The van der Waals surface area contributed by atoms with Gasteiger partial charge in [-0.15, -0.1) is 0 Å². The maximum absolute atomic E-state index is 6.03. The summed E-state index contributed by atoms with van der Waals surface area (Å²) in [5, 5.41) is 0.823. The Balaban J connectivity index is 2.41. The molecule has 0 unspecified atom stereocenters. The Kier molecular flexibility index (Phi) is 8.56. The second kappa shape index (κ2) is 10.0. The number of hydrogen-bond acceptors (Lipinski definition) is 2. The smallest absolute Gasteiger partial charge is 0.358 e. The fourth-order valence-electron chi connectivity index (χ4n) is 1.96. The Bertz CT molecular complexity index is 345. The molecule has 0 aromatic heterocycles. The van der Waals surface area contributed by atoms with Crippen molar-refractivity contribution in [3.8, 4) is 0 Å². The number of rotatable bonds is 10. The van der Waals surface area contributed by atoms with Crippen LogP contribution in [0.25, 0.3) is 0 Å². The molecule has 0 aliphatic rings. The van der Waals surface area contributed by atoms with Gasteiger partial charge in [0.25, 0.3) is 0 Å². The first kappa shape index (κ1) is 16.2. The second-order valence-corrected chi connectivity index (χ2v) is 5.94. The first-order valence-electron chi connectivity index (χ1n) is 7.34. The summed E-state index contributed by atoms with van der Waals surface area (Å²) in [6, 6.07) is 10.3. The van der Waals surface area contributed by atoms with Crippen LogP contribution >= 0.6 is 11.8 Å². The molecule has 1 rings (SSSR count). The minimum Gasteiger partial charge on any atom is -0.557 e. The molecule has 1 nitrogen and oxygen atoms in total. The first-order chi connectivity index (χ1) is 9.26. The van der Waals surface area contributed by atoms with Crippen molar-refractivity contribution in [1.29, 1.82) is 0 Å². The number of hydrogen-bond donors (Lipinski definition) is 0. The zero-order valence-electron chi connectivity index (χ0n) is 12.2. The highest BCUT2D eigenvalue weighted by Gasteiger charge is 2.17. The molecule has 0 saturated carbocycles. The van der Waals surface area contributed by atoms with Gasteiger partial charge < -0.3 is 4.65 Å². The molecule has 3 heteroatoms. The molecule has 0 heterocycles. The summed E-state index contributed by atoms with van der Waals surface area (Å²) < 4.78 is 6.03. The fourth-order valence-corrected chi connectivity index (χ4v) is 2.70. The average molecular weight is 276 g/mol. The molecule has 0 spiro atoms. The van der Waals surface area contributed by atoms with Crippen molar-refractivity contribution in [2.75, 3.05) is 0 Å². The SMILES string of the molecule is C=C(OB(CCCC)CCCC)Sc1ccccc1. The molecule has 0 radical (unpaired) electrons. The molecule has 0 fully saturated rings. The lowest BCUT2D eigenvalue weighted by Gasteiger charge is -2.17. The van der Waals surface area contributed by atoms with E-state index in [-0.39, 0.29) is 0 Å². The van der Waals surface area contributed by atoms with Crippen LogP contribution in [0, 0.1) is 0 Å². The van der Waals surface area contributed by atoms with Crippen LogP contribution in [0.3, 0.4) is 0 Å². The summed E-state index contributed by atoms with van der Waals surface area (Å²) in [6.45, 7) is 8.84. The van der Waals surface area contributed by atoms with Gasteiger partial charge in [-0.2, -0.15) is 0 Å². The molecule has 1 aromatic rings. The van der Waals surface area contributed by atoms with Crippen molar-refractivity contribution in [2.45, 2.75) is 57.1 Å². The largest absolute Gasteiger partial charge is 0.557 e. The highest BCUT2D eigenvalue weighted by atomic mass is 32.2. The third-order valence-electron chi connectivity index (χ3n) is 3.03. The molecular formula is C16H25BOS. The summed E-state index contributed by atoms with van der Waals surface area (Å²) in [6.07, 6.45) is 7.21. The predicted molar refractivity (Wildman–Crippen MR) is 87.7 cm³/mol. The van der Waals surface area contributed by atoms with E-state index in [1.54, 1.807) is 11.8 Å². The molecule has 0 N–H and O–H groups in total. The summed E-state index contributed by atoms with van der Waals surface area (Å²) in [7, 11) is 0. The quantitative estimate of drug-likeness (QED) is 0.301. The average Bonchev–Trinajstić information content (AvgIpc) is 2.43. The van der Waals surface area contributed by atoms with Gasteiger partial charge in [0, 0.05) is 4.90 Å². The summed E-state index contributed by atoms with van der Waals surface area (Å²) in [5.41, 5.74) is 0. The van der Waals surface area contributed by atoms with Crippen molar-refractivity contribution in [2.24, 2.45) is 0 Å². The van der Waals surface area contributed by atoms with Crippen LogP contribution in [0.2, 0.25) is 12.6 Å².